The number of ether oxygens (including phenoxy) is 2. The van der Waals surface area contributed by atoms with Crippen molar-refractivity contribution in [3.63, 3.8) is 0 Å². The second-order valence-corrected chi connectivity index (χ2v) is 4.09. The maximum atomic E-state index is 12.2. The highest BCUT2D eigenvalue weighted by molar-refractivity contribution is 5.86. The van der Waals surface area contributed by atoms with Crippen LogP contribution in [0, 0.1) is 0 Å². The first-order chi connectivity index (χ1) is 8.10. The Bertz CT molecular complexity index is 277. The van der Waals surface area contributed by atoms with E-state index in [-0.39, 0.29) is 12.0 Å². The average molecular weight is 244 g/mol. The molecule has 1 N–H and O–H groups in total. The van der Waals surface area contributed by atoms with Crippen LogP contribution in [0.2, 0.25) is 0 Å². The number of hydrogen-bond acceptors (Lipinski definition) is 4. The SMILES string of the molecule is COC(=O)NC(C(=O)N1CCCC1)C(C)OC. The fourth-order valence-electron chi connectivity index (χ4n) is 1.84. The van der Waals surface area contributed by atoms with E-state index in [0.717, 1.165) is 25.9 Å². The molecule has 1 aliphatic rings. The number of amides is 2. The molecule has 0 radical (unpaired) electrons. The normalized spacial score (nSPS) is 18.6. The lowest BCUT2D eigenvalue weighted by Gasteiger charge is -2.27. The summed E-state index contributed by atoms with van der Waals surface area (Å²) in [5, 5.41) is 2.52. The Kier molecular flexibility index (Phi) is 5.21. The summed E-state index contributed by atoms with van der Waals surface area (Å²) in [7, 11) is 2.78. The minimum atomic E-state index is -0.689. The van der Waals surface area contributed by atoms with Crippen molar-refractivity contribution in [1.29, 1.82) is 0 Å². The van der Waals surface area contributed by atoms with Gasteiger partial charge in [0.2, 0.25) is 5.91 Å². The van der Waals surface area contributed by atoms with Crippen molar-refractivity contribution in [3.05, 3.63) is 0 Å². The number of nitrogens with zero attached hydrogens (tertiary/aromatic N) is 1. The summed E-state index contributed by atoms with van der Waals surface area (Å²) < 4.78 is 9.63. The summed E-state index contributed by atoms with van der Waals surface area (Å²) in [5.41, 5.74) is 0. The Morgan fingerprint density at radius 2 is 1.82 bits per heavy atom. The summed E-state index contributed by atoms with van der Waals surface area (Å²) in [6.07, 6.45) is 1.02. The van der Waals surface area contributed by atoms with Crippen LogP contribution in [0.1, 0.15) is 19.8 Å². The lowest BCUT2D eigenvalue weighted by atomic mass is 10.1. The number of nitrogens with one attached hydrogen (secondary N) is 1. The molecule has 1 fully saturated rings. The zero-order valence-corrected chi connectivity index (χ0v) is 10.6. The standard InChI is InChI=1S/C11H20N2O4/c1-8(16-2)9(12-11(15)17-3)10(14)13-6-4-5-7-13/h8-9H,4-7H2,1-3H3,(H,12,15). The lowest BCUT2D eigenvalue weighted by molar-refractivity contribution is -0.135. The lowest BCUT2D eigenvalue weighted by Crippen LogP contribution is -2.53. The van der Waals surface area contributed by atoms with Gasteiger partial charge in [0.15, 0.2) is 0 Å². The molecule has 0 aromatic rings. The van der Waals surface area contributed by atoms with Gasteiger partial charge in [0, 0.05) is 20.2 Å². The van der Waals surface area contributed by atoms with Crippen LogP contribution in [0.15, 0.2) is 0 Å². The molecule has 0 saturated carbocycles. The van der Waals surface area contributed by atoms with E-state index in [2.05, 4.69) is 10.1 Å². The number of rotatable bonds is 4. The second kappa shape index (κ2) is 6.44. The first kappa shape index (κ1) is 13.8. The van der Waals surface area contributed by atoms with Crippen molar-refractivity contribution in [2.45, 2.75) is 31.9 Å². The maximum Gasteiger partial charge on any atom is 0.407 e. The molecule has 0 spiro atoms. The Hall–Kier alpha value is -1.30. The van der Waals surface area contributed by atoms with E-state index in [0.29, 0.717) is 0 Å². The van der Waals surface area contributed by atoms with Gasteiger partial charge in [-0.3, -0.25) is 4.79 Å². The predicted molar refractivity (Wildman–Crippen MR) is 61.6 cm³/mol. The number of hydrogen-bond donors (Lipinski definition) is 1. The molecule has 1 rings (SSSR count). The molecule has 6 nitrogen and oxygen atoms in total. The quantitative estimate of drug-likeness (QED) is 0.775. The largest absolute Gasteiger partial charge is 0.453 e. The van der Waals surface area contributed by atoms with Crippen molar-refractivity contribution in [3.8, 4) is 0 Å². The molecule has 6 heteroatoms. The van der Waals surface area contributed by atoms with Gasteiger partial charge < -0.3 is 19.7 Å². The van der Waals surface area contributed by atoms with Gasteiger partial charge in [-0.05, 0) is 19.8 Å². The third-order valence-corrected chi connectivity index (χ3v) is 2.98. The Labute approximate surface area is 101 Å². The number of carbonyl (C=O) groups is 2. The van der Waals surface area contributed by atoms with Crippen molar-refractivity contribution < 1.29 is 19.1 Å². The molecule has 1 heterocycles. The van der Waals surface area contributed by atoms with E-state index in [4.69, 9.17) is 4.74 Å². The first-order valence-electron chi connectivity index (χ1n) is 5.76. The highest BCUT2D eigenvalue weighted by Gasteiger charge is 2.32. The second-order valence-electron chi connectivity index (χ2n) is 4.09. The first-order valence-corrected chi connectivity index (χ1v) is 5.76. The zero-order valence-electron chi connectivity index (χ0n) is 10.6. The average Bonchev–Trinajstić information content (AvgIpc) is 2.87. The molecule has 0 bridgehead atoms. The Morgan fingerprint density at radius 1 is 1.24 bits per heavy atom. The van der Waals surface area contributed by atoms with Gasteiger partial charge in [0.25, 0.3) is 0 Å². The smallest absolute Gasteiger partial charge is 0.407 e. The molecular weight excluding hydrogens is 224 g/mol. The van der Waals surface area contributed by atoms with E-state index in [9.17, 15) is 9.59 Å². The minimum absolute atomic E-state index is 0.109. The van der Waals surface area contributed by atoms with Crippen LogP contribution in [-0.4, -0.2) is 56.4 Å². The van der Waals surface area contributed by atoms with Crippen LogP contribution in [-0.2, 0) is 14.3 Å². The van der Waals surface area contributed by atoms with Gasteiger partial charge in [0.1, 0.15) is 6.04 Å². The molecule has 2 atom stereocenters. The fraction of sp³-hybridized carbons (Fsp3) is 0.818. The third kappa shape index (κ3) is 3.59. The van der Waals surface area contributed by atoms with Crippen LogP contribution in [0.25, 0.3) is 0 Å². The highest BCUT2D eigenvalue weighted by Crippen LogP contribution is 2.11. The summed E-state index contributed by atoms with van der Waals surface area (Å²) in [4.78, 5) is 25.1. The van der Waals surface area contributed by atoms with Crippen LogP contribution >= 0.6 is 0 Å². The van der Waals surface area contributed by atoms with Crippen molar-refractivity contribution in [2.24, 2.45) is 0 Å². The van der Waals surface area contributed by atoms with Crippen LogP contribution in [0.4, 0.5) is 4.79 Å². The Balaban J connectivity index is 2.67. The van der Waals surface area contributed by atoms with Gasteiger partial charge in [0.05, 0.1) is 13.2 Å². The zero-order chi connectivity index (χ0) is 12.8. The van der Waals surface area contributed by atoms with Gasteiger partial charge in [-0.2, -0.15) is 0 Å². The van der Waals surface area contributed by atoms with Crippen molar-refractivity contribution in [2.75, 3.05) is 27.3 Å². The molecule has 98 valence electrons. The minimum Gasteiger partial charge on any atom is -0.453 e. The molecule has 0 aliphatic carbocycles. The summed E-state index contributed by atoms with van der Waals surface area (Å²) in [5.74, 6) is -0.109. The summed E-state index contributed by atoms with van der Waals surface area (Å²) >= 11 is 0. The monoisotopic (exact) mass is 244 g/mol. The third-order valence-electron chi connectivity index (χ3n) is 2.98. The predicted octanol–water partition coefficient (Wildman–Crippen LogP) is 0.368. The number of carbonyl (C=O) groups excluding carboxylic acids is 2. The fourth-order valence-corrected chi connectivity index (χ4v) is 1.84. The van der Waals surface area contributed by atoms with Gasteiger partial charge >= 0.3 is 6.09 Å². The van der Waals surface area contributed by atoms with E-state index in [1.807, 2.05) is 0 Å². The van der Waals surface area contributed by atoms with E-state index in [1.54, 1.807) is 11.8 Å². The molecule has 2 amide bonds. The molecule has 0 aromatic heterocycles. The summed E-state index contributed by atoms with van der Waals surface area (Å²) in [6, 6.07) is -0.689. The topological polar surface area (TPSA) is 67.9 Å². The number of methoxy groups -OCH3 is 2. The highest BCUT2D eigenvalue weighted by atomic mass is 16.5. The molecular formula is C11H20N2O4. The van der Waals surface area contributed by atoms with Gasteiger partial charge in [-0.25, -0.2) is 4.79 Å². The number of likely N-dealkylation sites (tertiary alicyclic amines) is 1. The molecule has 1 saturated heterocycles. The van der Waals surface area contributed by atoms with Gasteiger partial charge in [-0.15, -0.1) is 0 Å². The molecule has 2 unspecified atom stereocenters. The van der Waals surface area contributed by atoms with Gasteiger partial charge in [-0.1, -0.05) is 0 Å². The maximum absolute atomic E-state index is 12.2. The van der Waals surface area contributed by atoms with Crippen molar-refractivity contribution >= 4 is 12.0 Å². The summed E-state index contributed by atoms with van der Waals surface area (Å²) in [6.45, 7) is 3.23. The van der Waals surface area contributed by atoms with E-state index >= 15 is 0 Å². The number of alkyl carbamates (subject to hydrolysis) is 1. The molecule has 1 aliphatic heterocycles. The van der Waals surface area contributed by atoms with Crippen LogP contribution in [0.3, 0.4) is 0 Å². The molecule has 0 aromatic carbocycles. The van der Waals surface area contributed by atoms with Crippen LogP contribution in [0.5, 0.6) is 0 Å². The van der Waals surface area contributed by atoms with E-state index < -0.39 is 12.1 Å². The van der Waals surface area contributed by atoms with Crippen LogP contribution < -0.4 is 5.32 Å². The van der Waals surface area contributed by atoms with E-state index in [1.165, 1.54) is 14.2 Å². The van der Waals surface area contributed by atoms with Crippen molar-refractivity contribution in [1.82, 2.24) is 10.2 Å². The molecule has 17 heavy (non-hydrogen) atoms. The Morgan fingerprint density at radius 3 is 2.29 bits per heavy atom.